The second kappa shape index (κ2) is 6.06. The van der Waals surface area contributed by atoms with Gasteiger partial charge < -0.3 is 4.98 Å². The van der Waals surface area contributed by atoms with Crippen molar-refractivity contribution < 1.29 is 0 Å². The van der Waals surface area contributed by atoms with E-state index in [2.05, 4.69) is 59.4 Å². The lowest BCUT2D eigenvalue weighted by Gasteiger charge is -2.17. The Bertz CT molecular complexity index is 1190. The molecule has 1 unspecified atom stereocenters. The molecule has 1 aromatic heterocycles. The fraction of sp³-hybridized carbons (Fsp3) is 0.0833. The third-order valence-electron chi connectivity index (χ3n) is 5.23. The van der Waals surface area contributed by atoms with Crippen LogP contribution in [0.5, 0.6) is 0 Å². The quantitative estimate of drug-likeness (QED) is 0.492. The Kier molecular flexibility index (Phi) is 3.54. The normalized spacial score (nSPS) is 14.6. The van der Waals surface area contributed by atoms with Gasteiger partial charge >= 0.3 is 5.69 Å². The van der Waals surface area contributed by atoms with E-state index in [1.165, 1.54) is 16.7 Å². The maximum absolute atomic E-state index is 12.4. The maximum Gasteiger partial charge on any atom is 0.345 e. The summed E-state index contributed by atoms with van der Waals surface area (Å²) in [7, 11) is 0. The summed E-state index contributed by atoms with van der Waals surface area (Å²) in [5.74, 6) is 0.0515. The number of aromatic nitrogens is 2. The number of benzene rings is 3. The minimum absolute atomic E-state index is 0.0515. The van der Waals surface area contributed by atoms with Crippen molar-refractivity contribution in [3.05, 3.63) is 112 Å². The van der Waals surface area contributed by atoms with E-state index in [-0.39, 0.29) is 11.6 Å². The summed E-state index contributed by atoms with van der Waals surface area (Å²) in [5.41, 5.74) is 8.09. The Labute approximate surface area is 157 Å². The molecule has 0 fully saturated rings. The summed E-state index contributed by atoms with van der Waals surface area (Å²) in [6.45, 7) is 2.10. The van der Waals surface area contributed by atoms with Crippen LogP contribution < -0.4 is 5.69 Å². The van der Waals surface area contributed by atoms with Crippen LogP contribution in [0.4, 0.5) is 0 Å². The Hall–Kier alpha value is -3.46. The van der Waals surface area contributed by atoms with Gasteiger partial charge in [0.05, 0.1) is 11.4 Å². The molecule has 0 amide bonds. The molecule has 0 saturated heterocycles. The fourth-order valence-corrected chi connectivity index (χ4v) is 4.09. The highest BCUT2D eigenvalue weighted by Gasteiger charge is 2.34. The average Bonchev–Trinajstić information content (AvgIpc) is 3.02. The molecule has 0 saturated carbocycles. The predicted octanol–water partition coefficient (Wildman–Crippen LogP) is 4.91. The zero-order chi connectivity index (χ0) is 18.4. The molecule has 27 heavy (non-hydrogen) atoms. The Balaban J connectivity index is 1.88. The number of hydrogen-bond donors (Lipinski definition) is 1. The van der Waals surface area contributed by atoms with Crippen LogP contribution in [0.15, 0.2) is 83.7 Å². The zero-order valence-corrected chi connectivity index (χ0v) is 14.9. The molecular formula is C24H18N2O. The minimum atomic E-state index is -0.312. The molecule has 1 atom stereocenters. The molecule has 3 heteroatoms. The topological polar surface area (TPSA) is 45.8 Å². The molecule has 0 spiro atoms. The van der Waals surface area contributed by atoms with Crippen LogP contribution in [0.2, 0.25) is 0 Å². The van der Waals surface area contributed by atoms with Crippen LogP contribution in [0.1, 0.15) is 28.2 Å². The van der Waals surface area contributed by atoms with Crippen molar-refractivity contribution in [2.75, 3.05) is 0 Å². The molecule has 1 aliphatic carbocycles. The zero-order valence-electron chi connectivity index (χ0n) is 14.9. The highest BCUT2D eigenvalue weighted by molar-refractivity contribution is 5.84. The van der Waals surface area contributed by atoms with Crippen molar-refractivity contribution >= 4 is 0 Å². The van der Waals surface area contributed by atoms with Crippen LogP contribution in [0.3, 0.4) is 0 Å². The SMILES string of the molecule is Cc1ccc2c(c1)C(c1ccccc1)c1c(-c3ccccc3)nc(=O)[nH]c1-2. The highest BCUT2D eigenvalue weighted by atomic mass is 16.1. The number of nitrogens with one attached hydrogen (secondary N) is 1. The van der Waals surface area contributed by atoms with E-state index in [0.717, 1.165) is 28.1 Å². The predicted molar refractivity (Wildman–Crippen MR) is 108 cm³/mol. The van der Waals surface area contributed by atoms with Gasteiger partial charge in [-0.1, -0.05) is 84.4 Å². The van der Waals surface area contributed by atoms with Crippen LogP contribution in [-0.2, 0) is 0 Å². The van der Waals surface area contributed by atoms with E-state index in [0.29, 0.717) is 0 Å². The standard InChI is InChI=1S/C24H18N2O/c1-15-12-13-18-19(14-15)20(16-8-4-2-5-9-16)21-22(17-10-6-3-7-11-17)25-24(27)26-23(18)21/h2-14,20H,1H3,(H,25,26,27). The molecule has 0 radical (unpaired) electrons. The number of nitrogens with zero attached hydrogens (tertiary/aromatic N) is 1. The largest absolute Gasteiger partial charge is 0.345 e. The lowest BCUT2D eigenvalue weighted by Crippen LogP contribution is -2.15. The molecule has 4 aromatic rings. The van der Waals surface area contributed by atoms with Gasteiger partial charge in [-0.25, -0.2) is 4.79 Å². The smallest absolute Gasteiger partial charge is 0.305 e. The second-order valence-electron chi connectivity index (χ2n) is 6.98. The van der Waals surface area contributed by atoms with Crippen molar-refractivity contribution in [2.24, 2.45) is 0 Å². The van der Waals surface area contributed by atoms with E-state index in [1.807, 2.05) is 36.4 Å². The van der Waals surface area contributed by atoms with Crippen LogP contribution >= 0.6 is 0 Å². The summed E-state index contributed by atoms with van der Waals surface area (Å²) in [6, 6.07) is 26.8. The summed E-state index contributed by atoms with van der Waals surface area (Å²) < 4.78 is 0. The maximum atomic E-state index is 12.4. The number of H-pyrrole nitrogens is 1. The van der Waals surface area contributed by atoms with Gasteiger partial charge in [0, 0.05) is 22.6 Å². The Morgan fingerprint density at radius 1 is 0.889 bits per heavy atom. The van der Waals surface area contributed by atoms with Crippen molar-refractivity contribution in [3.8, 4) is 22.5 Å². The first-order valence-corrected chi connectivity index (χ1v) is 9.08. The summed E-state index contributed by atoms with van der Waals surface area (Å²) in [4.78, 5) is 19.8. The van der Waals surface area contributed by atoms with E-state index < -0.39 is 0 Å². The number of hydrogen-bond acceptors (Lipinski definition) is 2. The Morgan fingerprint density at radius 2 is 1.59 bits per heavy atom. The van der Waals surface area contributed by atoms with Gasteiger partial charge in [-0.15, -0.1) is 0 Å². The molecule has 3 nitrogen and oxygen atoms in total. The third kappa shape index (κ3) is 2.51. The number of aryl methyl sites for hydroxylation is 1. The third-order valence-corrected chi connectivity index (χ3v) is 5.23. The van der Waals surface area contributed by atoms with Crippen molar-refractivity contribution in [2.45, 2.75) is 12.8 Å². The first-order valence-electron chi connectivity index (χ1n) is 9.08. The molecule has 1 N–H and O–H groups in total. The molecule has 5 rings (SSSR count). The minimum Gasteiger partial charge on any atom is -0.305 e. The van der Waals surface area contributed by atoms with Crippen LogP contribution in [0, 0.1) is 6.92 Å². The summed E-state index contributed by atoms with van der Waals surface area (Å²) in [6.07, 6.45) is 0. The molecule has 0 bridgehead atoms. The van der Waals surface area contributed by atoms with Gasteiger partial charge in [-0.05, 0) is 18.1 Å². The highest BCUT2D eigenvalue weighted by Crippen LogP contribution is 2.49. The first-order chi connectivity index (χ1) is 13.2. The molecule has 1 heterocycles. The van der Waals surface area contributed by atoms with Crippen molar-refractivity contribution in [1.29, 1.82) is 0 Å². The Morgan fingerprint density at radius 3 is 2.33 bits per heavy atom. The van der Waals surface area contributed by atoms with E-state index in [1.54, 1.807) is 0 Å². The molecular weight excluding hydrogens is 332 g/mol. The lowest BCUT2D eigenvalue weighted by atomic mass is 9.87. The first kappa shape index (κ1) is 15.8. The van der Waals surface area contributed by atoms with Gasteiger partial charge in [0.1, 0.15) is 0 Å². The average molecular weight is 350 g/mol. The molecule has 3 aromatic carbocycles. The summed E-state index contributed by atoms with van der Waals surface area (Å²) in [5, 5.41) is 0. The lowest BCUT2D eigenvalue weighted by molar-refractivity contribution is 0.973. The van der Waals surface area contributed by atoms with Gasteiger partial charge in [-0.2, -0.15) is 4.98 Å². The van der Waals surface area contributed by atoms with Crippen molar-refractivity contribution in [1.82, 2.24) is 9.97 Å². The fourth-order valence-electron chi connectivity index (χ4n) is 4.09. The summed E-state index contributed by atoms with van der Waals surface area (Å²) >= 11 is 0. The molecule has 130 valence electrons. The number of aromatic amines is 1. The van der Waals surface area contributed by atoms with E-state index in [4.69, 9.17) is 0 Å². The van der Waals surface area contributed by atoms with E-state index >= 15 is 0 Å². The second-order valence-corrected chi connectivity index (χ2v) is 6.98. The van der Waals surface area contributed by atoms with E-state index in [9.17, 15) is 4.79 Å². The van der Waals surface area contributed by atoms with Crippen molar-refractivity contribution in [3.63, 3.8) is 0 Å². The monoisotopic (exact) mass is 350 g/mol. The molecule has 1 aliphatic rings. The number of fused-ring (bicyclic) bond motifs is 3. The number of rotatable bonds is 2. The van der Waals surface area contributed by atoms with Gasteiger partial charge in [0.2, 0.25) is 0 Å². The molecule has 0 aliphatic heterocycles. The van der Waals surface area contributed by atoms with Gasteiger partial charge in [0.25, 0.3) is 0 Å². The van der Waals surface area contributed by atoms with Crippen LogP contribution in [0.25, 0.3) is 22.5 Å². The van der Waals surface area contributed by atoms with Gasteiger partial charge in [0.15, 0.2) is 0 Å². The van der Waals surface area contributed by atoms with Crippen LogP contribution in [-0.4, -0.2) is 9.97 Å². The van der Waals surface area contributed by atoms with Gasteiger partial charge in [-0.3, -0.25) is 0 Å².